The molecule has 0 radical (unpaired) electrons. The Morgan fingerprint density at radius 3 is 0.986 bits per heavy atom. The van der Waals surface area contributed by atoms with Crippen LogP contribution in [0.5, 0.6) is 0 Å². The number of amides is 1. The minimum Gasteiger partial charge on any atom is -0.466 e. The topological polar surface area (TPSA) is 95.9 Å². The Morgan fingerprint density at radius 2 is 0.653 bits per heavy atom. The molecule has 0 aromatic rings. The number of aliphatic hydroxyl groups is 2. The van der Waals surface area contributed by atoms with Gasteiger partial charge in [0.15, 0.2) is 0 Å². The fourth-order valence-electron chi connectivity index (χ4n) is 10.2. The number of hydrogen-bond acceptors (Lipinski definition) is 5. The zero-order valence-corrected chi connectivity index (χ0v) is 48.7. The van der Waals surface area contributed by atoms with E-state index in [0.29, 0.717) is 19.4 Å². The van der Waals surface area contributed by atoms with E-state index in [0.717, 1.165) is 57.8 Å². The van der Waals surface area contributed by atoms with Crippen molar-refractivity contribution in [1.29, 1.82) is 0 Å². The fraction of sp³-hybridized carbons (Fsp3) is 0.909. The van der Waals surface area contributed by atoms with Gasteiger partial charge in [0.2, 0.25) is 5.91 Å². The van der Waals surface area contributed by atoms with Crippen LogP contribution in [-0.2, 0) is 14.3 Å². The number of rotatable bonds is 61. The highest BCUT2D eigenvalue weighted by Gasteiger charge is 2.18. The molecule has 2 unspecified atom stereocenters. The molecule has 0 aliphatic heterocycles. The predicted octanol–water partition coefficient (Wildman–Crippen LogP) is 20.6. The summed E-state index contributed by atoms with van der Waals surface area (Å²) in [5.74, 6) is -0.0735. The molecule has 0 saturated carbocycles. The van der Waals surface area contributed by atoms with Crippen molar-refractivity contribution < 1.29 is 24.5 Å². The Bertz CT molecular complexity index is 1120. The summed E-state index contributed by atoms with van der Waals surface area (Å²) in [4.78, 5) is 24.6. The van der Waals surface area contributed by atoms with Crippen LogP contribution in [0, 0.1) is 0 Å². The van der Waals surface area contributed by atoms with E-state index in [1.807, 2.05) is 6.08 Å². The van der Waals surface area contributed by atoms with E-state index < -0.39 is 12.1 Å². The van der Waals surface area contributed by atoms with Crippen molar-refractivity contribution in [2.75, 3.05) is 13.2 Å². The minimum atomic E-state index is -0.854. The van der Waals surface area contributed by atoms with Crippen LogP contribution in [-0.4, -0.2) is 47.4 Å². The molecule has 1 amide bonds. The second kappa shape index (κ2) is 61.9. The fourth-order valence-corrected chi connectivity index (χ4v) is 10.2. The van der Waals surface area contributed by atoms with Crippen LogP contribution in [0.3, 0.4) is 0 Å². The third-order valence-corrected chi connectivity index (χ3v) is 15.2. The Kier molecular flexibility index (Phi) is 60.5. The van der Waals surface area contributed by atoms with Gasteiger partial charge < -0.3 is 20.3 Å². The van der Waals surface area contributed by atoms with Gasteiger partial charge in [0.05, 0.1) is 25.4 Å². The maximum Gasteiger partial charge on any atom is 0.305 e. The molecule has 0 aromatic carbocycles. The SMILES string of the molecule is CCCCCCCCCCCCCCCCCCCCCCC/C=C/C(O)C(CO)NC(=O)CCCCCCC/C=C\CCCCCCCCCCCOC(=O)CCCCCCCCCCCCCCCC. The molecule has 0 saturated heterocycles. The maximum absolute atomic E-state index is 12.5. The molecule has 0 heterocycles. The van der Waals surface area contributed by atoms with E-state index in [-0.39, 0.29) is 18.5 Å². The molecule has 0 fully saturated rings. The number of hydrogen-bond donors (Lipinski definition) is 3. The number of unbranched alkanes of at least 4 members (excludes halogenated alkanes) is 48. The smallest absolute Gasteiger partial charge is 0.305 e. The van der Waals surface area contributed by atoms with Gasteiger partial charge in [-0.2, -0.15) is 0 Å². The van der Waals surface area contributed by atoms with Gasteiger partial charge in [0, 0.05) is 12.8 Å². The summed E-state index contributed by atoms with van der Waals surface area (Å²) in [6.45, 7) is 4.92. The lowest BCUT2D eigenvalue weighted by atomic mass is 10.0. The Labute approximate surface area is 450 Å². The maximum atomic E-state index is 12.5. The minimum absolute atomic E-state index is 0.00510. The molecule has 0 aliphatic carbocycles. The normalized spacial score (nSPS) is 12.7. The molecule has 0 rings (SSSR count). The molecule has 0 aliphatic rings. The predicted molar refractivity (Wildman–Crippen MR) is 315 cm³/mol. The first-order chi connectivity index (χ1) is 35.5. The number of aliphatic hydroxyl groups excluding tert-OH is 2. The van der Waals surface area contributed by atoms with Crippen LogP contribution in [0.2, 0.25) is 0 Å². The monoisotopic (exact) mass is 1010 g/mol. The number of esters is 1. The lowest BCUT2D eigenvalue weighted by Crippen LogP contribution is -2.45. The van der Waals surface area contributed by atoms with Gasteiger partial charge in [-0.15, -0.1) is 0 Å². The number of carbonyl (C=O) groups is 2. The Morgan fingerprint density at radius 1 is 0.375 bits per heavy atom. The van der Waals surface area contributed by atoms with E-state index in [9.17, 15) is 19.8 Å². The van der Waals surface area contributed by atoms with E-state index >= 15 is 0 Å². The van der Waals surface area contributed by atoms with Gasteiger partial charge in [-0.05, 0) is 57.8 Å². The molecule has 0 spiro atoms. The standard InChI is InChI=1S/C66H127NO5/c1-3-5-7-9-11-13-15-17-19-20-21-22-23-24-25-28-31-34-38-42-46-50-54-58-64(69)63(62-68)67-65(70)59-55-51-47-43-39-35-32-29-26-27-30-33-37-41-45-49-53-57-61-72-66(71)60-56-52-48-44-40-36-18-16-14-12-10-8-6-4-2/h29,32,54,58,63-64,68-69H,3-28,30-31,33-53,55-57,59-62H2,1-2H3,(H,67,70)/b32-29-,58-54+. The quantitative estimate of drug-likeness (QED) is 0.0320. The van der Waals surface area contributed by atoms with E-state index in [1.165, 1.54) is 276 Å². The molecule has 6 nitrogen and oxygen atoms in total. The van der Waals surface area contributed by atoms with Crippen LogP contribution in [0.4, 0.5) is 0 Å². The lowest BCUT2D eigenvalue weighted by molar-refractivity contribution is -0.143. The van der Waals surface area contributed by atoms with Crippen LogP contribution < -0.4 is 5.32 Å². The van der Waals surface area contributed by atoms with Gasteiger partial charge in [-0.1, -0.05) is 314 Å². The van der Waals surface area contributed by atoms with Gasteiger partial charge in [-0.3, -0.25) is 9.59 Å². The Balaban J connectivity index is 3.47. The molecule has 0 aromatic heterocycles. The van der Waals surface area contributed by atoms with Crippen LogP contribution in [0.1, 0.15) is 361 Å². The number of allylic oxidation sites excluding steroid dienone is 3. The average Bonchev–Trinajstić information content (AvgIpc) is 3.38. The van der Waals surface area contributed by atoms with Crippen molar-refractivity contribution in [1.82, 2.24) is 5.32 Å². The number of ether oxygens (including phenoxy) is 1. The van der Waals surface area contributed by atoms with Crippen LogP contribution >= 0.6 is 0 Å². The first-order valence-electron chi connectivity index (χ1n) is 32.6. The lowest BCUT2D eigenvalue weighted by Gasteiger charge is -2.20. The summed E-state index contributed by atoms with van der Waals surface area (Å²) < 4.78 is 5.48. The molecule has 0 bridgehead atoms. The molecule has 2 atom stereocenters. The highest BCUT2D eigenvalue weighted by molar-refractivity contribution is 5.76. The average molecular weight is 1010 g/mol. The van der Waals surface area contributed by atoms with Crippen molar-refractivity contribution >= 4 is 11.9 Å². The molecule has 72 heavy (non-hydrogen) atoms. The van der Waals surface area contributed by atoms with E-state index in [1.54, 1.807) is 6.08 Å². The third-order valence-electron chi connectivity index (χ3n) is 15.2. The highest BCUT2D eigenvalue weighted by Crippen LogP contribution is 2.18. The van der Waals surface area contributed by atoms with Crippen molar-refractivity contribution in [3.05, 3.63) is 24.3 Å². The third kappa shape index (κ3) is 57.6. The Hall–Kier alpha value is -1.66. The molecular weight excluding hydrogens is 887 g/mol. The zero-order chi connectivity index (χ0) is 52.2. The van der Waals surface area contributed by atoms with E-state index in [4.69, 9.17) is 4.74 Å². The van der Waals surface area contributed by atoms with Gasteiger partial charge >= 0.3 is 5.97 Å². The van der Waals surface area contributed by atoms with Crippen molar-refractivity contribution in [2.24, 2.45) is 0 Å². The summed E-state index contributed by atoms with van der Waals surface area (Å²) in [6, 6.07) is -0.639. The summed E-state index contributed by atoms with van der Waals surface area (Å²) in [6.07, 6.45) is 76.5. The number of nitrogens with one attached hydrogen (secondary N) is 1. The van der Waals surface area contributed by atoms with Gasteiger partial charge in [-0.25, -0.2) is 0 Å². The zero-order valence-electron chi connectivity index (χ0n) is 48.7. The highest BCUT2D eigenvalue weighted by atomic mass is 16.5. The molecule has 3 N–H and O–H groups in total. The van der Waals surface area contributed by atoms with Crippen molar-refractivity contribution in [3.63, 3.8) is 0 Å². The summed E-state index contributed by atoms with van der Waals surface area (Å²) in [5, 5.41) is 23.2. The first kappa shape index (κ1) is 70.3. The van der Waals surface area contributed by atoms with Gasteiger partial charge in [0.1, 0.15) is 0 Å². The van der Waals surface area contributed by atoms with Gasteiger partial charge in [0.25, 0.3) is 0 Å². The molecule has 6 heteroatoms. The van der Waals surface area contributed by atoms with Crippen molar-refractivity contribution in [2.45, 2.75) is 373 Å². The number of carbonyl (C=O) groups excluding carboxylic acids is 2. The van der Waals surface area contributed by atoms with Crippen molar-refractivity contribution in [3.8, 4) is 0 Å². The van der Waals surface area contributed by atoms with Crippen LogP contribution in [0.15, 0.2) is 24.3 Å². The first-order valence-corrected chi connectivity index (χ1v) is 32.6. The summed E-state index contributed by atoms with van der Waals surface area (Å²) in [7, 11) is 0. The second-order valence-corrected chi connectivity index (χ2v) is 22.5. The second-order valence-electron chi connectivity index (χ2n) is 22.5. The summed E-state index contributed by atoms with van der Waals surface area (Å²) in [5.41, 5.74) is 0. The molecular formula is C66H127NO5. The van der Waals surface area contributed by atoms with Crippen LogP contribution in [0.25, 0.3) is 0 Å². The largest absolute Gasteiger partial charge is 0.466 e. The summed E-state index contributed by atoms with van der Waals surface area (Å²) >= 11 is 0. The van der Waals surface area contributed by atoms with E-state index in [2.05, 4.69) is 31.3 Å². The molecule has 426 valence electrons.